The Hall–Kier alpha value is -1.84. The van der Waals surface area contributed by atoms with Crippen LogP contribution in [0.2, 0.25) is 0 Å². The van der Waals surface area contributed by atoms with Gasteiger partial charge in [0.15, 0.2) is 0 Å². The van der Waals surface area contributed by atoms with Crippen LogP contribution < -0.4 is 5.32 Å². The van der Waals surface area contributed by atoms with Crippen LogP contribution in [-0.2, 0) is 4.79 Å². The maximum atomic E-state index is 11.5. The van der Waals surface area contributed by atoms with E-state index in [-0.39, 0.29) is 11.5 Å². The van der Waals surface area contributed by atoms with Gasteiger partial charge in [0.1, 0.15) is 0 Å². The van der Waals surface area contributed by atoms with Gasteiger partial charge in [-0.3, -0.25) is 4.79 Å². The van der Waals surface area contributed by atoms with Crippen LogP contribution in [0.4, 0.5) is 5.69 Å². The molecule has 0 aromatic heterocycles. The van der Waals surface area contributed by atoms with Crippen LogP contribution in [0.25, 0.3) is 0 Å². The minimum Gasteiger partial charge on any atom is -0.478 e. The first kappa shape index (κ1) is 13.2. The summed E-state index contributed by atoms with van der Waals surface area (Å²) in [5.41, 5.74) is 1.62. The third kappa shape index (κ3) is 3.90. The fourth-order valence-electron chi connectivity index (χ4n) is 1.44. The highest BCUT2D eigenvalue weighted by molar-refractivity contribution is 5.94. The van der Waals surface area contributed by atoms with E-state index in [1.807, 2.05) is 13.8 Å². The highest BCUT2D eigenvalue weighted by Gasteiger charge is 2.08. The molecule has 4 nitrogen and oxygen atoms in total. The Balaban J connectivity index is 2.79. The van der Waals surface area contributed by atoms with Crippen molar-refractivity contribution in [2.75, 3.05) is 5.32 Å². The van der Waals surface area contributed by atoms with Crippen molar-refractivity contribution in [3.8, 4) is 0 Å². The zero-order valence-corrected chi connectivity index (χ0v) is 10.1. The molecule has 0 fully saturated rings. The van der Waals surface area contributed by atoms with Gasteiger partial charge in [0.25, 0.3) is 0 Å². The summed E-state index contributed by atoms with van der Waals surface area (Å²) >= 11 is 0. The first-order chi connectivity index (χ1) is 8.04. The van der Waals surface area contributed by atoms with Crippen LogP contribution in [0.15, 0.2) is 18.2 Å². The zero-order chi connectivity index (χ0) is 12.8. The third-order valence-electron chi connectivity index (χ3n) is 2.52. The number of rotatable bonds is 5. The van der Waals surface area contributed by atoms with Crippen LogP contribution >= 0.6 is 0 Å². The van der Waals surface area contributed by atoms with E-state index >= 15 is 0 Å². The number of amides is 1. The molecule has 0 saturated carbocycles. The number of nitrogens with one attached hydrogen (secondary N) is 1. The van der Waals surface area contributed by atoms with Gasteiger partial charge in [0, 0.05) is 12.1 Å². The molecule has 1 rings (SSSR count). The number of carbonyl (C=O) groups excluding carboxylic acids is 1. The van der Waals surface area contributed by atoms with E-state index in [9.17, 15) is 9.59 Å². The topological polar surface area (TPSA) is 66.4 Å². The molecule has 0 aliphatic heterocycles. The Morgan fingerprint density at radius 2 is 2.06 bits per heavy atom. The number of hydrogen-bond acceptors (Lipinski definition) is 2. The van der Waals surface area contributed by atoms with Gasteiger partial charge >= 0.3 is 5.97 Å². The molecule has 0 atom stereocenters. The third-order valence-corrected chi connectivity index (χ3v) is 2.52. The molecule has 1 aromatic rings. The van der Waals surface area contributed by atoms with Crippen molar-refractivity contribution in [1.29, 1.82) is 0 Å². The Morgan fingerprint density at radius 3 is 2.65 bits per heavy atom. The molecular weight excluding hydrogens is 218 g/mol. The second-order valence-corrected chi connectivity index (χ2v) is 3.99. The van der Waals surface area contributed by atoms with Crippen molar-refractivity contribution in [2.45, 2.75) is 33.1 Å². The van der Waals surface area contributed by atoms with Crippen molar-refractivity contribution in [3.05, 3.63) is 29.3 Å². The number of hydrogen-bond donors (Lipinski definition) is 2. The van der Waals surface area contributed by atoms with E-state index in [2.05, 4.69) is 5.32 Å². The van der Waals surface area contributed by atoms with Crippen molar-refractivity contribution in [3.63, 3.8) is 0 Å². The SMILES string of the molecule is CCCCC(=O)Nc1cc(C(=O)O)ccc1C. The van der Waals surface area contributed by atoms with Gasteiger partial charge in [-0.25, -0.2) is 4.79 Å². The summed E-state index contributed by atoms with van der Waals surface area (Å²) in [6, 6.07) is 4.71. The lowest BCUT2D eigenvalue weighted by Gasteiger charge is -2.09. The number of carboxylic acids is 1. The summed E-state index contributed by atoms with van der Waals surface area (Å²) in [5, 5.41) is 11.6. The van der Waals surface area contributed by atoms with E-state index < -0.39 is 5.97 Å². The molecule has 0 heterocycles. The quantitative estimate of drug-likeness (QED) is 0.824. The van der Waals surface area contributed by atoms with Gasteiger partial charge < -0.3 is 10.4 Å². The predicted octanol–water partition coefficient (Wildman–Crippen LogP) is 2.82. The lowest BCUT2D eigenvalue weighted by molar-refractivity contribution is -0.116. The molecule has 92 valence electrons. The average Bonchev–Trinajstić information content (AvgIpc) is 2.29. The zero-order valence-electron chi connectivity index (χ0n) is 10.1. The van der Waals surface area contributed by atoms with Crippen molar-refractivity contribution < 1.29 is 14.7 Å². The number of carbonyl (C=O) groups is 2. The normalized spacial score (nSPS) is 10.0. The van der Waals surface area contributed by atoms with Crippen molar-refractivity contribution in [2.24, 2.45) is 0 Å². The monoisotopic (exact) mass is 235 g/mol. The Labute approximate surface area is 101 Å². The molecule has 0 saturated heterocycles. The lowest BCUT2D eigenvalue weighted by Crippen LogP contribution is -2.12. The van der Waals surface area contributed by atoms with Gasteiger partial charge in [-0.2, -0.15) is 0 Å². The molecule has 0 spiro atoms. The standard InChI is InChI=1S/C13H17NO3/c1-3-4-5-12(15)14-11-8-10(13(16)17)7-6-9(11)2/h6-8H,3-5H2,1-2H3,(H,14,15)(H,16,17). The summed E-state index contributed by atoms with van der Waals surface area (Å²) in [7, 11) is 0. The highest BCUT2D eigenvalue weighted by Crippen LogP contribution is 2.17. The summed E-state index contributed by atoms with van der Waals surface area (Å²) in [6.07, 6.45) is 2.26. The average molecular weight is 235 g/mol. The van der Waals surface area contributed by atoms with Crippen molar-refractivity contribution in [1.82, 2.24) is 0 Å². The van der Waals surface area contributed by atoms with E-state index in [4.69, 9.17) is 5.11 Å². The summed E-state index contributed by atoms with van der Waals surface area (Å²) in [4.78, 5) is 22.4. The number of aromatic carboxylic acids is 1. The van der Waals surface area contributed by atoms with Gasteiger partial charge in [0.2, 0.25) is 5.91 Å². The lowest BCUT2D eigenvalue weighted by atomic mass is 10.1. The fourth-order valence-corrected chi connectivity index (χ4v) is 1.44. The number of anilines is 1. The second kappa shape index (κ2) is 6.03. The minimum absolute atomic E-state index is 0.0718. The summed E-state index contributed by atoms with van der Waals surface area (Å²) in [5.74, 6) is -1.06. The van der Waals surface area contributed by atoms with Crippen LogP contribution in [0, 0.1) is 6.92 Å². The van der Waals surface area contributed by atoms with Crippen LogP contribution in [0.1, 0.15) is 42.1 Å². The van der Waals surface area contributed by atoms with Crippen LogP contribution in [0.3, 0.4) is 0 Å². The molecule has 4 heteroatoms. The summed E-state index contributed by atoms with van der Waals surface area (Å²) in [6.45, 7) is 3.85. The molecule has 0 aliphatic carbocycles. The Bertz CT molecular complexity index is 427. The first-order valence-electron chi connectivity index (χ1n) is 5.68. The minimum atomic E-state index is -0.992. The second-order valence-electron chi connectivity index (χ2n) is 3.99. The smallest absolute Gasteiger partial charge is 0.335 e. The highest BCUT2D eigenvalue weighted by atomic mass is 16.4. The van der Waals surface area contributed by atoms with Crippen LogP contribution in [0.5, 0.6) is 0 Å². The largest absolute Gasteiger partial charge is 0.478 e. The van der Waals surface area contributed by atoms with E-state index in [1.165, 1.54) is 12.1 Å². The molecular formula is C13H17NO3. The maximum Gasteiger partial charge on any atom is 0.335 e. The molecule has 0 aliphatic rings. The van der Waals surface area contributed by atoms with E-state index in [0.29, 0.717) is 12.1 Å². The molecule has 2 N–H and O–H groups in total. The Morgan fingerprint density at radius 1 is 1.35 bits per heavy atom. The van der Waals surface area contributed by atoms with Gasteiger partial charge in [-0.05, 0) is 31.0 Å². The number of aryl methyl sites for hydroxylation is 1. The summed E-state index contributed by atoms with van der Waals surface area (Å²) < 4.78 is 0. The first-order valence-corrected chi connectivity index (χ1v) is 5.68. The fraction of sp³-hybridized carbons (Fsp3) is 0.385. The molecule has 0 radical (unpaired) electrons. The Kier molecular flexibility index (Phi) is 4.69. The van der Waals surface area contributed by atoms with Gasteiger partial charge in [0.05, 0.1) is 5.56 Å². The number of unbranched alkanes of at least 4 members (excludes halogenated alkanes) is 1. The number of carboxylic acid groups (broad SMARTS) is 1. The predicted molar refractivity (Wildman–Crippen MR) is 66.3 cm³/mol. The van der Waals surface area contributed by atoms with E-state index in [1.54, 1.807) is 6.07 Å². The molecule has 17 heavy (non-hydrogen) atoms. The van der Waals surface area contributed by atoms with Crippen molar-refractivity contribution >= 4 is 17.6 Å². The molecule has 1 amide bonds. The maximum absolute atomic E-state index is 11.5. The van der Waals surface area contributed by atoms with Crippen LogP contribution in [-0.4, -0.2) is 17.0 Å². The van der Waals surface area contributed by atoms with E-state index in [0.717, 1.165) is 18.4 Å². The molecule has 0 bridgehead atoms. The molecule has 0 unspecified atom stereocenters. The van der Waals surface area contributed by atoms with Gasteiger partial charge in [-0.15, -0.1) is 0 Å². The van der Waals surface area contributed by atoms with Gasteiger partial charge in [-0.1, -0.05) is 19.4 Å². The molecule has 1 aromatic carbocycles. The number of benzene rings is 1.